The highest BCUT2D eigenvalue weighted by atomic mass is 127. The van der Waals surface area contributed by atoms with Gasteiger partial charge in [0, 0.05) is 69.7 Å². The number of aromatic nitrogens is 1. The monoisotopic (exact) mass is 827 g/mol. The molecule has 52 heavy (non-hydrogen) atoms. The molecule has 1 spiro atoms. The molecule has 3 aliphatic heterocycles. The van der Waals surface area contributed by atoms with Crippen molar-refractivity contribution in [1.29, 1.82) is 0 Å². The van der Waals surface area contributed by atoms with E-state index in [1.54, 1.807) is 47.5 Å². The fraction of sp³-hybridized carbons (Fsp3) is 0.250. The lowest BCUT2D eigenvalue weighted by Crippen LogP contribution is -2.59. The maximum Gasteiger partial charge on any atom is 0.265 e. The molecule has 5 aromatic rings. The van der Waals surface area contributed by atoms with Crippen LogP contribution in [0.5, 0.6) is 0 Å². The number of carbonyl (C=O) groups excluding carboxylic acids is 3. The Hall–Kier alpha value is -4.66. The summed E-state index contributed by atoms with van der Waals surface area (Å²) < 4.78 is 20.6. The average Bonchev–Trinajstić information content (AvgIpc) is 3.51. The van der Waals surface area contributed by atoms with Gasteiger partial charge in [0.2, 0.25) is 0 Å². The van der Waals surface area contributed by atoms with Crippen molar-refractivity contribution in [2.45, 2.75) is 26.2 Å². The number of amides is 3. The average molecular weight is 828 g/mol. The fourth-order valence-corrected chi connectivity index (χ4v) is 9.02. The molecular formula is C40H35FIN5O4S. The predicted octanol–water partition coefficient (Wildman–Crippen LogP) is 8.19. The van der Waals surface area contributed by atoms with E-state index in [1.807, 2.05) is 65.9 Å². The Labute approximate surface area is 318 Å². The van der Waals surface area contributed by atoms with Crippen molar-refractivity contribution in [2.75, 3.05) is 53.3 Å². The van der Waals surface area contributed by atoms with Crippen LogP contribution < -0.4 is 20.4 Å². The zero-order valence-corrected chi connectivity index (χ0v) is 31.4. The second-order valence-corrected chi connectivity index (χ2v) is 15.8. The number of aryl methyl sites for hydroxylation is 1. The smallest absolute Gasteiger partial charge is 0.265 e. The number of ether oxygens (including phenoxy) is 1. The molecule has 2 N–H and O–H groups in total. The number of pyridine rings is 1. The van der Waals surface area contributed by atoms with Gasteiger partial charge in [0.1, 0.15) is 11.6 Å². The van der Waals surface area contributed by atoms with Gasteiger partial charge >= 0.3 is 0 Å². The largest absolute Gasteiger partial charge is 0.381 e. The molecule has 9 nitrogen and oxygen atoms in total. The molecule has 12 heteroatoms. The van der Waals surface area contributed by atoms with Crippen LogP contribution in [0.1, 0.15) is 54.4 Å². The molecule has 3 amide bonds. The quantitative estimate of drug-likeness (QED) is 0.168. The Kier molecular flexibility index (Phi) is 9.30. The van der Waals surface area contributed by atoms with Crippen LogP contribution in [-0.2, 0) is 11.2 Å². The maximum absolute atomic E-state index is 14.5. The molecule has 0 bridgehead atoms. The van der Waals surface area contributed by atoms with Crippen LogP contribution in [0.25, 0.3) is 10.4 Å². The third-order valence-electron chi connectivity index (χ3n) is 10.1. The lowest BCUT2D eigenvalue weighted by molar-refractivity contribution is -0.000511. The highest BCUT2D eigenvalue weighted by Crippen LogP contribution is 2.44. The van der Waals surface area contributed by atoms with Gasteiger partial charge in [-0.25, -0.2) is 9.37 Å². The second kappa shape index (κ2) is 14.1. The zero-order chi connectivity index (χ0) is 36.0. The number of thiophene rings is 1. The summed E-state index contributed by atoms with van der Waals surface area (Å²) in [5.74, 6) is -0.595. The van der Waals surface area contributed by atoms with Crippen LogP contribution in [0.15, 0.2) is 85.1 Å². The molecule has 0 radical (unpaired) electrons. The van der Waals surface area contributed by atoms with Gasteiger partial charge in [-0.15, -0.1) is 11.3 Å². The van der Waals surface area contributed by atoms with Crippen molar-refractivity contribution in [3.05, 3.63) is 122 Å². The Bertz CT molecular complexity index is 2190. The van der Waals surface area contributed by atoms with E-state index in [0.717, 1.165) is 66.4 Å². The number of hydrogen-bond acceptors (Lipinski definition) is 7. The molecule has 3 aliphatic rings. The summed E-state index contributed by atoms with van der Waals surface area (Å²) in [5, 5.41) is 5.75. The molecule has 5 heterocycles. The van der Waals surface area contributed by atoms with Crippen molar-refractivity contribution < 1.29 is 23.5 Å². The van der Waals surface area contributed by atoms with E-state index >= 15 is 0 Å². The minimum atomic E-state index is -0.489. The molecule has 0 unspecified atom stereocenters. The van der Waals surface area contributed by atoms with Crippen LogP contribution in [-0.4, -0.2) is 55.6 Å². The number of nitrogens with one attached hydrogen (secondary N) is 2. The number of fused-ring (bicyclic) bond motifs is 3. The summed E-state index contributed by atoms with van der Waals surface area (Å²) in [7, 11) is 0. The highest BCUT2D eigenvalue weighted by molar-refractivity contribution is 14.1. The Balaban J connectivity index is 0.976. The normalized spacial score (nSPS) is 16.0. The summed E-state index contributed by atoms with van der Waals surface area (Å²) in [6, 6.07) is 23.0. The Morgan fingerprint density at radius 1 is 0.942 bits per heavy atom. The van der Waals surface area contributed by atoms with E-state index in [0.29, 0.717) is 44.0 Å². The summed E-state index contributed by atoms with van der Waals surface area (Å²) in [5.41, 5.74) is 5.43. The van der Waals surface area contributed by atoms with Gasteiger partial charge in [0.25, 0.3) is 17.7 Å². The first kappa shape index (κ1) is 34.4. The fourth-order valence-electron chi connectivity index (χ4n) is 7.28. The van der Waals surface area contributed by atoms with Crippen molar-refractivity contribution in [3.63, 3.8) is 0 Å². The van der Waals surface area contributed by atoms with Crippen molar-refractivity contribution >= 4 is 74.5 Å². The van der Waals surface area contributed by atoms with E-state index in [-0.39, 0.29) is 28.8 Å². The summed E-state index contributed by atoms with van der Waals surface area (Å²) in [6.07, 6.45) is 4.38. The molecule has 2 aromatic heterocycles. The number of carbonyl (C=O) groups is 3. The molecule has 0 atom stereocenters. The van der Waals surface area contributed by atoms with E-state index in [2.05, 4.69) is 20.5 Å². The predicted molar refractivity (Wildman–Crippen MR) is 210 cm³/mol. The van der Waals surface area contributed by atoms with Gasteiger partial charge in [-0.3, -0.25) is 14.4 Å². The van der Waals surface area contributed by atoms with E-state index in [4.69, 9.17) is 4.74 Å². The molecule has 3 aromatic carbocycles. The van der Waals surface area contributed by atoms with Crippen LogP contribution in [0.3, 0.4) is 0 Å². The minimum absolute atomic E-state index is 0.159. The van der Waals surface area contributed by atoms with Gasteiger partial charge in [-0.1, -0.05) is 24.3 Å². The number of anilines is 4. The van der Waals surface area contributed by atoms with Crippen LogP contribution in [0.2, 0.25) is 0 Å². The number of rotatable bonds is 6. The molecule has 0 saturated carbocycles. The molecule has 2 fully saturated rings. The summed E-state index contributed by atoms with van der Waals surface area (Å²) in [6.45, 7) is 5.61. The van der Waals surface area contributed by atoms with Crippen molar-refractivity contribution in [2.24, 2.45) is 5.41 Å². The van der Waals surface area contributed by atoms with Gasteiger partial charge < -0.3 is 25.2 Å². The molecule has 0 aliphatic carbocycles. The van der Waals surface area contributed by atoms with Gasteiger partial charge in [-0.05, 0) is 115 Å². The lowest BCUT2D eigenvalue weighted by Gasteiger charge is -2.53. The third-order valence-corrected chi connectivity index (χ3v) is 12.2. The van der Waals surface area contributed by atoms with E-state index in [1.165, 1.54) is 17.4 Å². The van der Waals surface area contributed by atoms with Crippen molar-refractivity contribution in [1.82, 2.24) is 4.98 Å². The number of halogens is 2. The molecular weight excluding hydrogens is 792 g/mol. The first-order valence-electron chi connectivity index (χ1n) is 17.2. The van der Waals surface area contributed by atoms with E-state index in [9.17, 15) is 18.8 Å². The summed E-state index contributed by atoms with van der Waals surface area (Å²) >= 11 is 3.33. The van der Waals surface area contributed by atoms with Gasteiger partial charge in [-0.2, -0.15) is 0 Å². The first-order valence-corrected chi connectivity index (χ1v) is 19.1. The van der Waals surface area contributed by atoms with Crippen molar-refractivity contribution in [3.8, 4) is 10.4 Å². The van der Waals surface area contributed by atoms with E-state index < -0.39 is 5.82 Å². The maximum atomic E-state index is 14.5. The van der Waals surface area contributed by atoms with Crippen LogP contribution in [0.4, 0.5) is 27.3 Å². The number of nitrogens with zero attached hydrogens (tertiary/aromatic N) is 3. The highest BCUT2D eigenvalue weighted by Gasteiger charge is 2.45. The van der Waals surface area contributed by atoms with Gasteiger partial charge in [0.15, 0.2) is 0 Å². The molecule has 2 saturated heterocycles. The third kappa shape index (κ3) is 6.59. The lowest BCUT2D eigenvalue weighted by atomic mass is 9.73. The first-order chi connectivity index (χ1) is 25.2. The Morgan fingerprint density at radius 3 is 2.48 bits per heavy atom. The zero-order valence-electron chi connectivity index (χ0n) is 28.4. The molecule has 8 rings (SSSR count). The number of para-hydroxylation sites is 2. The molecule has 264 valence electrons. The summed E-state index contributed by atoms with van der Waals surface area (Å²) in [4.78, 5) is 50.8. The standard InChI is InChI=1S/C40H35FIN5O4S/c1-24-19-29(36(43-21-24)46-22-40(23-46)14-17-51-18-15-40)37(48)44-27-11-9-25(10-12-27)39(50)47-16-13-26-20-33(52-35(26)28-5-2-3-8-32(28)47)38(49)45-34-30(41)6-4-7-31(34)42/h2-12,19-21H,13-18,22-23H2,1H3,(H,44,48)(H,45,49). The number of benzene rings is 3. The van der Waals surface area contributed by atoms with Crippen LogP contribution in [0, 0.1) is 21.7 Å². The number of hydrogen-bond donors (Lipinski definition) is 2. The minimum Gasteiger partial charge on any atom is -0.381 e. The second-order valence-electron chi connectivity index (χ2n) is 13.6. The van der Waals surface area contributed by atoms with Crippen LogP contribution >= 0.6 is 33.9 Å². The topological polar surface area (TPSA) is 104 Å². The van der Waals surface area contributed by atoms with Gasteiger partial charge in [0.05, 0.1) is 21.8 Å². The Morgan fingerprint density at radius 2 is 1.71 bits per heavy atom. The SMILES string of the molecule is Cc1cnc(N2CC3(CCOCC3)C2)c(C(=O)Nc2ccc(C(=O)N3CCc4cc(C(=O)Nc5c(F)cccc5I)sc4-c4ccccc43)cc2)c1.